The van der Waals surface area contributed by atoms with Crippen LogP contribution in [0.15, 0.2) is 6.07 Å². The van der Waals surface area contributed by atoms with Gasteiger partial charge in [0.05, 0.1) is 11.5 Å². The van der Waals surface area contributed by atoms with E-state index in [-0.39, 0.29) is 23.2 Å². The summed E-state index contributed by atoms with van der Waals surface area (Å²) in [6.45, 7) is 4.03. The molecule has 1 aliphatic heterocycles. The molecule has 1 fully saturated rings. The van der Waals surface area contributed by atoms with Crippen molar-refractivity contribution in [3.05, 3.63) is 23.3 Å². The SMILES string of the molecule is Cc1cc(C)n2nc(C(=O)NC[C@H]3CCS(=O)(=O)C3)nc2n1. The van der Waals surface area contributed by atoms with E-state index in [1.165, 1.54) is 4.52 Å². The van der Waals surface area contributed by atoms with E-state index >= 15 is 0 Å². The largest absolute Gasteiger partial charge is 0.349 e. The van der Waals surface area contributed by atoms with Gasteiger partial charge in [-0.15, -0.1) is 5.10 Å². The quantitative estimate of drug-likeness (QED) is 0.846. The smallest absolute Gasteiger partial charge is 0.291 e. The van der Waals surface area contributed by atoms with E-state index in [9.17, 15) is 13.2 Å². The number of rotatable bonds is 3. The van der Waals surface area contributed by atoms with E-state index in [1.807, 2.05) is 19.9 Å². The predicted molar refractivity (Wildman–Crippen MR) is 79.4 cm³/mol. The Morgan fingerprint density at radius 1 is 1.41 bits per heavy atom. The van der Waals surface area contributed by atoms with Crippen LogP contribution >= 0.6 is 0 Å². The highest BCUT2D eigenvalue weighted by atomic mass is 32.2. The molecule has 2 aromatic heterocycles. The number of amides is 1. The predicted octanol–water partition coefficient (Wildman–Crippen LogP) is -0.0944. The van der Waals surface area contributed by atoms with Crippen LogP contribution in [0.4, 0.5) is 0 Å². The normalized spacial score (nSPS) is 20.4. The molecule has 1 atom stereocenters. The van der Waals surface area contributed by atoms with Gasteiger partial charge in [-0.3, -0.25) is 4.79 Å². The number of hydrogen-bond acceptors (Lipinski definition) is 6. The molecule has 0 unspecified atom stereocenters. The summed E-state index contributed by atoms with van der Waals surface area (Å²) in [5.41, 5.74) is 1.65. The van der Waals surface area contributed by atoms with Crippen LogP contribution in [0.1, 0.15) is 28.4 Å². The number of nitrogens with one attached hydrogen (secondary N) is 1. The summed E-state index contributed by atoms with van der Waals surface area (Å²) >= 11 is 0. The van der Waals surface area contributed by atoms with Gasteiger partial charge in [-0.25, -0.2) is 17.9 Å². The fourth-order valence-electron chi connectivity index (χ4n) is 2.61. The van der Waals surface area contributed by atoms with E-state index < -0.39 is 15.7 Å². The number of carbonyl (C=O) groups is 1. The molecule has 0 bridgehead atoms. The Hall–Kier alpha value is -2.03. The van der Waals surface area contributed by atoms with Gasteiger partial charge in [0, 0.05) is 17.9 Å². The highest BCUT2D eigenvalue weighted by molar-refractivity contribution is 7.91. The van der Waals surface area contributed by atoms with Gasteiger partial charge in [-0.05, 0) is 32.3 Å². The maximum absolute atomic E-state index is 12.1. The lowest BCUT2D eigenvalue weighted by Gasteiger charge is -2.07. The van der Waals surface area contributed by atoms with Crippen molar-refractivity contribution < 1.29 is 13.2 Å². The molecule has 118 valence electrons. The zero-order valence-corrected chi connectivity index (χ0v) is 13.2. The van der Waals surface area contributed by atoms with Crippen molar-refractivity contribution in [1.29, 1.82) is 0 Å². The van der Waals surface area contributed by atoms with E-state index in [2.05, 4.69) is 20.4 Å². The number of aryl methyl sites for hydroxylation is 2. The van der Waals surface area contributed by atoms with Gasteiger partial charge in [-0.2, -0.15) is 4.98 Å². The number of carbonyl (C=O) groups excluding carboxylic acids is 1. The van der Waals surface area contributed by atoms with Crippen LogP contribution < -0.4 is 5.32 Å². The van der Waals surface area contributed by atoms with Gasteiger partial charge in [0.15, 0.2) is 9.84 Å². The number of aromatic nitrogens is 4. The second kappa shape index (κ2) is 5.31. The molecule has 0 saturated carbocycles. The molecule has 3 rings (SSSR count). The maximum Gasteiger partial charge on any atom is 0.291 e. The van der Waals surface area contributed by atoms with Gasteiger partial charge < -0.3 is 5.32 Å². The molecule has 0 spiro atoms. The Kier molecular flexibility index (Phi) is 3.59. The standard InChI is InChI=1S/C13H17N5O3S/c1-8-5-9(2)18-13(15-8)16-11(17-18)12(19)14-6-10-3-4-22(20,21)7-10/h5,10H,3-4,6-7H2,1-2H3,(H,14,19)/t10-/m1/s1. The van der Waals surface area contributed by atoms with Crippen LogP contribution in [0.25, 0.3) is 5.78 Å². The van der Waals surface area contributed by atoms with Gasteiger partial charge >= 0.3 is 0 Å². The molecule has 2 aromatic rings. The first-order valence-corrected chi connectivity index (χ1v) is 8.86. The van der Waals surface area contributed by atoms with Crippen LogP contribution in [-0.2, 0) is 9.84 Å². The first kappa shape index (κ1) is 14.9. The molecular formula is C13H17N5O3S. The third-order valence-corrected chi connectivity index (χ3v) is 5.54. The summed E-state index contributed by atoms with van der Waals surface area (Å²) in [6.07, 6.45) is 0.584. The third-order valence-electron chi connectivity index (χ3n) is 3.70. The minimum absolute atomic E-state index is 0.0342. The van der Waals surface area contributed by atoms with Crippen LogP contribution in [-0.4, -0.2) is 52.0 Å². The van der Waals surface area contributed by atoms with Crippen LogP contribution in [0.2, 0.25) is 0 Å². The Bertz CT molecular complexity index is 843. The van der Waals surface area contributed by atoms with E-state index in [0.29, 0.717) is 18.7 Å². The Labute approximate surface area is 127 Å². The minimum atomic E-state index is -2.94. The first-order valence-electron chi connectivity index (χ1n) is 7.04. The van der Waals surface area contributed by atoms with Crippen molar-refractivity contribution in [1.82, 2.24) is 24.9 Å². The lowest BCUT2D eigenvalue weighted by Crippen LogP contribution is -2.30. The van der Waals surface area contributed by atoms with Crippen LogP contribution in [0.3, 0.4) is 0 Å². The lowest BCUT2D eigenvalue weighted by atomic mass is 10.1. The summed E-state index contributed by atoms with van der Waals surface area (Å²) in [5, 5.41) is 6.84. The molecule has 1 amide bonds. The van der Waals surface area contributed by atoms with E-state index in [0.717, 1.165) is 11.4 Å². The lowest BCUT2D eigenvalue weighted by molar-refractivity contribution is 0.0938. The zero-order chi connectivity index (χ0) is 15.9. The molecule has 1 N–H and O–H groups in total. The second-order valence-corrected chi connectivity index (χ2v) is 7.89. The number of fused-ring (bicyclic) bond motifs is 1. The molecule has 3 heterocycles. The third kappa shape index (κ3) is 2.94. The van der Waals surface area contributed by atoms with Gasteiger partial charge in [-0.1, -0.05) is 0 Å². The Morgan fingerprint density at radius 3 is 2.86 bits per heavy atom. The maximum atomic E-state index is 12.1. The fraction of sp³-hybridized carbons (Fsp3) is 0.538. The molecule has 0 aromatic carbocycles. The van der Waals surface area contributed by atoms with E-state index in [1.54, 1.807) is 0 Å². The average molecular weight is 323 g/mol. The van der Waals surface area contributed by atoms with E-state index in [4.69, 9.17) is 0 Å². The number of sulfone groups is 1. The van der Waals surface area contributed by atoms with Crippen molar-refractivity contribution in [2.24, 2.45) is 5.92 Å². The molecule has 0 radical (unpaired) electrons. The summed E-state index contributed by atoms with van der Waals surface area (Å²) in [6, 6.07) is 1.85. The molecule has 1 saturated heterocycles. The summed E-state index contributed by atoms with van der Waals surface area (Å²) in [5.74, 6) is 0.307. The zero-order valence-electron chi connectivity index (χ0n) is 12.4. The summed E-state index contributed by atoms with van der Waals surface area (Å²) < 4.78 is 24.3. The molecular weight excluding hydrogens is 306 g/mol. The van der Waals surface area contributed by atoms with Crippen LogP contribution in [0.5, 0.6) is 0 Å². The molecule has 0 aliphatic carbocycles. The number of hydrogen-bond donors (Lipinski definition) is 1. The van der Waals surface area contributed by atoms with Gasteiger partial charge in [0.2, 0.25) is 5.82 Å². The molecule has 1 aliphatic rings. The van der Waals surface area contributed by atoms with Crippen molar-refractivity contribution in [2.45, 2.75) is 20.3 Å². The van der Waals surface area contributed by atoms with Crippen molar-refractivity contribution in [3.63, 3.8) is 0 Å². The average Bonchev–Trinajstić information content (AvgIpc) is 2.99. The first-order chi connectivity index (χ1) is 10.3. The second-order valence-electron chi connectivity index (χ2n) is 5.67. The highest BCUT2D eigenvalue weighted by Crippen LogP contribution is 2.17. The minimum Gasteiger partial charge on any atom is -0.349 e. The fourth-order valence-corrected chi connectivity index (χ4v) is 4.47. The number of nitrogens with zero attached hydrogens (tertiary/aromatic N) is 4. The molecule has 8 nitrogen and oxygen atoms in total. The topological polar surface area (TPSA) is 106 Å². The van der Waals surface area contributed by atoms with Crippen LogP contribution in [0, 0.1) is 19.8 Å². The van der Waals surface area contributed by atoms with Crippen molar-refractivity contribution in [3.8, 4) is 0 Å². The van der Waals surface area contributed by atoms with Crippen molar-refractivity contribution >= 4 is 21.5 Å². The Balaban J connectivity index is 1.71. The Morgan fingerprint density at radius 2 is 2.18 bits per heavy atom. The van der Waals surface area contributed by atoms with Gasteiger partial charge in [0.25, 0.3) is 11.7 Å². The van der Waals surface area contributed by atoms with Gasteiger partial charge in [0.1, 0.15) is 0 Å². The summed E-state index contributed by atoms with van der Waals surface area (Å²) in [4.78, 5) is 20.4. The monoisotopic (exact) mass is 323 g/mol. The molecule has 9 heteroatoms. The molecule has 22 heavy (non-hydrogen) atoms. The highest BCUT2D eigenvalue weighted by Gasteiger charge is 2.28. The summed E-state index contributed by atoms with van der Waals surface area (Å²) in [7, 11) is -2.94. The van der Waals surface area contributed by atoms with Crippen molar-refractivity contribution in [2.75, 3.05) is 18.1 Å².